The molecule has 2 unspecified atom stereocenters. The third kappa shape index (κ3) is 6.51. The Kier molecular flexibility index (Phi) is 8.52. The van der Waals surface area contributed by atoms with Crippen molar-refractivity contribution in [3.05, 3.63) is 33.1 Å². The van der Waals surface area contributed by atoms with Gasteiger partial charge in [0.1, 0.15) is 36.6 Å². The molecule has 1 aromatic rings. The molecular formula is C15H22N2O16P2-2. The van der Waals surface area contributed by atoms with Crippen LogP contribution in [0.3, 0.4) is 0 Å². The van der Waals surface area contributed by atoms with Crippen LogP contribution < -0.4 is 21.0 Å². The molecule has 0 aromatic carbocycles. The summed E-state index contributed by atoms with van der Waals surface area (Å²) in [6.07, 6.45) is -14.7. The normalized spacial score (nSPS) is 39.1. The van der Waals surface area contributed by atoms with Crippen LogP contribution in [-0.2, 0) is 32.0 Å². The number of hydrogen-bond donors (Lipinski definition) is 6. The van der Waals surface area contributed by atoms with E-state index in [9.17, 15) is 54.0 Å². The van der Waals surface area contributed by atoms with Gasteiger partial charge in [-0.25, -0.2) is 9.11 Å². The first-order valence-electron chi connectivity index (χ1n) is 9.81. The summed E-state index contributed by atoms with van der Waals surface area (Å²) in [6, 6.07) is 0.923. The number of hydrogen-bond acceptors (Lipinski definition) is 16. The zero-order chi connectivity index (χ0) is 26.3. The van der Waals surface area contributed by atoms with E-state index in [4.69, 9.17) is 9.47 Å². The van der Waals surface area contributed by atoms with Gasteiger partial charge in [-0.1, -0.05) is 0 Å². The molecule has 0 bridgehead atoms. The molecule has 0 radical (unpaired) electrons. The van der Waals surface area contributed by atoms with E-state index in [1.165, 1.54) is 6.92 Å². The second-order valence-corrected chi connectivity index (χ2v) is 10.5. The first-order valence-corrected chi connectivity index (χ1v) is 12.7. The minimum absolute atomic E-state index is 0.712. The van der Waals surface area contributed by atoms with Gasteiger partial charge < -0.3 is 49.3 Å². The Morgan fingerprint density at radius 3 is 2.29 bits per heavy atom. The van der Waals surface area contributed by atoms with Crippen LogP contribution in [0.25, 0.3) is 0 Å². The number of phosphoric acid groups is 2. The van der Waals surface area contributed by atoms with Gasteiger partial charge in [0, 0.05) is 12.3 Å². The van der Waals surface area contributed by atoms with E-state index in [2.05, 4.69) is 13.4 Å². The van der Waals surface area contributed by atoms with Crippen LogP contribution in [0.4, 0.5) is 0 Å². The van der Waals surface area contributed by atoms with Crippen molar-refractivity contribution >= 4 is 15.6 Å². The van der Waals surface area contributed by atoms with Crippen molar-refractivity contribution in [2.75, 3.05) is 6.61 Å². The number of aliphatic hydroxyl groups is 5. The zero-order valence-electron chi connectivity index (χ0n) is 17.6. The summed E-state index contributed by atoms with van der Waals surface area (Å²) >= 11 is 0. The van der Waals surface area contributed by atoms with Crippen LogP contribution in [-0.4, -0.2) is 90.7 Å². The number of aromatic amines is 1. The van der Waals surface area contributed by atoms with E-state index < -0.39 is 88.7 Å². The number of aliphatic hydroxyl groups excluding tert-OH is 5. The van der Waals surface area contributed by atoms with Gasteiger partial charge in [-0.3, -0.25) is 28.0 Å². The highest BCUT2D eigenvalue weighted by molar-refractivity contribution is 7.59. The highest BCUT2D eigenvalue weighted by Gasteiger charge is 2.46. The fraction of sp³-hybridized carbons (Fsp3) is 0.733. The number of aromatic nitrogens is 2. The van der Waals surface area contributed by atoms with Gasteiger partial charge in [0.15, 0.2) is 12.5 Å². The summed E-state index contributed by atoms with van der Waals surface area (Å²) < 4.78 is 47.3. The SMILES string of the molecule is C[C@H]1O[C@H](OP(=O)([O-])OP(=O)([O-])OC[C@H]2O[C@@H](n3ccc(=O)[nH]c3=O)[C@H](O)[C@@H]2O)[C@H](O)[C@@H](O)[C@H]1O. The minimum Gasteiger partial charge on any atom is -0.756 e. The molecule has 3 rings (SSSR count). The maximum absolute atomic E-state index is 12.0. The quantitative estimate of drug-likeness (QED) is 0.166. The second kappa shape index (κ2) is 10.6. The number of H-pyrrole nitrogens is 1. The number of ether oxygens (including phenoxy) is 2. The highest BCUT2D eigenvalue weighted by Crippen LogP contribution is 2.57. The third-order valence-corrected chi connectivity index (χ3v) is 7.63. The molecule has 200 valence electrons. The summed E-state index contributed by atoms with van der Waals surface area (Å²) in [5.74, 6) is 0. The van der Waals surface area contributed by atoms with Crippen molar-refractivity contribution in [3.8, 4) is 0 Å². The Hall–Kier alpha value is -1.34. The minimum atomic E-state index is -5.81. The Labute approximate surface area is 195 Å². The van der Waals surface area contributed by atoms with Crippen LogP contribution in [0.5, 0.6) is 0 Å². The van der Waals surface area contributed by atoms with E-state index in [-0.39, 0.29) is 0 Å². The Morgan fingerprint density at radius 1 is 1.00 bits per heavy atom. The molecule has 0 spiro atoms. The van der Waals surface area contributed by atoms with Crippen molar-refractivity contribution in [2.24, 2.45) is 0 Å². The molecule has 3 heterocycles. The molecule has 6 N–H and O–H groups in total. The molecule has 0 aliphatic carbocycles. The average molecular weight is 548 g/mol. The molecule has 2 fully saturated rings. The van der Waals surface area contributed by atoms with Crippen LogP contribution >= 0.6 is 15.6 Å². The third-order valence-electron chi connectivity index (χ3n) is 5.10. The second-order valence-electron chi connectivity index (χ2n) is 7.62. The van der Waals surface area contributed by atoms with Gasteiger partial charge in [-0.15, -0.1) is 0 Å². The Bertz CT molecular complexity index is 1110. The lowest BCUT2D eigenvalue weighted by atomic mass is 10.0. The molecule has 2 aliphatic rings. The van der Waals surface area contributed by atoms with Gasteiger partial charge in [0.05, 0.1) is 12.7 Å². The monoisotopic (exact) mass is 548 g/mol. The molecule has 35 heavy (non-hydrogen) atoms. The first kappa shape index (κ1) is 28.2. The van der Waals surface area contributed by atoms with Crippen molar-refractivity contribution in [1.82, 2.24) is 9.55 Å². The molecule has 0 saturated carbocycles. The lowest BCUT2D eigenvalue weighted by molar-refractivity contribution is -0.299. The first-order chi connectivity index (χ1) is 16.1. The molecule has 11 atom stereocenters. The maximum atomic E-state index is 12.0. The molecular weight excluding hydrogens is 526 g/mol. The highest BCUT2D eigenvalue weighted by atomic mass is 31.3. The lowest BCUT2D eigenvalue weighted by Crippen LogP contribution is -2.57. The average Bonchev–Trinajstić information content (AvgIpc) is 3.02. The van der Waals surface area contributed by atoms with Crippen molar-refractivity contribution in [2.45, 2.75) is 62.2 Å². The van der Waals surface area contributed by atoms with E-state index >= 15 is 0 Å². The smallest absolute Gasteiger partial charge is 0.330 e. The Morgan fingerprint density at radius 2 is 1.66 bits per heavy atom. The van der Waals surface area contributed by atoms with E-state index in [1.807, 2.05) is 4.98 Å². The molecule has 0 amide bonds. The number of rotatable bonds is 8. The van der Waals surface area contributed by atoms with Crippen molar-refractivity contribution < 1.29 is 67.3 Å². The van der Waals surface area contributed by atoms with E-state index in [0.717, 1.165) is 12.3 Å². The largest absolute Gasteiger partial charge is 0.756 e. The summed E-state index contributed by atoms with van der Waals surface area (Å²) in [4.78, 5) is 48.9. The fourth-order valence-electron chi connectivity index (χ4n) is 3.28. The van der Waals surface area contributed by atoms with E-state index in [1.54, 1.807) is 0 Å². The summed E-state index contributed by atoms with van der Waals surface area (Å²) in [5, 5.41) is 49.2. The number of nitrogens with one attached hydrogen (secondary N) is 1. The Balaban J connectivity index is 1.61. The van der Waals surface area contributed by atoms with E-state index in [0.29, 0.717) is 4.57 Å². The summed E-state index contributed by atoms with van der Waals surface area (Å²) in [5.41, 5.74) is -1.75. The van der Waals surface area contributed by atoms with Gasteiger partial charge >= 0.3 is 5.69 Å². The zero-order valence-corrected chi connectivity index (χ0v) is 19.4. The van der Waals surface area contributed by atoms with Crippen LogP contribution in [0.2, 0.25) is 0 Å². The topological polar surface area (TPSA) is 282 Å². The van der Waals surface area contributed by atoms with Gasteiger partial charge in [0.25, 0.3) is 21.2 Å². The predicted octanol–water partition coefficient (Wildman–Crippen LogP) is -5.03. The van der Waals surface area contributed by atoms with Gasteiger partial charge in [-0.05, 0) is 6.92 Å². The molecule has 20 heteroatoms. The van der Waals surface area contributed by atoms with Crippen molar-refractivity contribution in [3.63, 3.8) is 0 Å². The number of phosphoric ester groups is 2. The van der Waals surface area contributed by atoms with Crippen LogP contribution in [0.15, 0.2) is 21.9 Å². The summed E-state index contributed by atoms with van der Waals surface area (Å²) in [6.45, 7) is 0.127. The van der Waals surface area contributed by atoms with Crippen LogP contribution in [0.1, 0.15) is 13.2 Å². The van der Waals surface area contributed by atoms with Crippen molar-refractivity contribution in [1.29, 1.82) is 0 Å². The molecule has 2 saturated heterocycles. The molecule has 2 aliphatic heterocycles. The summed E-state index contributed by atoms with van der Waals surface area (Å²) in [7, 11) is -11.6. The van der Waals surface area contributed by atoms with Crippen LogP contribution in [0, 0.1) is 0 Å². The number of nitrogens with zero attached hydrogens (tertiary/aromatic N) is 1. The standard InChI is InChI=1S/C15H24N2O16P2/c1-5-8(19)10(21)12(23)14(30-5)32-35(27,28)33-34(25,26)29-4-6-9(20)11(22)13(31-6)17-3-2-7(18)16-15(17)24/h2-3,5-6,8-14,19-23H,4H2,1H3,(H,25,26)(H,27,28)(H,16,18,24)/p-2/t5-,6-,8+,9-,10+,11-,12-,13-,14-/m1/s1. The fourth-order valence-corrected chi connectivity index (χ4v) is 5.36. The molecule has 18 nitrogen and oxygen atoms in total. The molecule has 1 aromatic heterocycles. The lowest BCUT2D eigenvalue weighted by Gasteiger charge is -2.41. The van der Waals surface area contributed by atoms with Gasteiger partial charge in [0.2, 0.25) is 0 Å². The van der Waals surface area contributed by atoms with Gasteiger partial charge in [-0.2, -0.15) is 0 Å². The maximum Gasteiger partial charge on any atom is 0.330 e. The predicted molar refractivity (Wildman–Crippen MR) is 103 cm³/mol.